The second-order valence-electron chi connectivity index (χ2n) is 3.72. The molecule has 0 aliphatic heterocycles. The molecule has 0 N–H and O–H groups in total. The third-order valence-electron chi connectivity index (χ3n) is 2.48. The molecule has 1 aliphatic carbocycles. The number of benzene rings is 1. The fourth-order valence-corrected chi connectivity index (χ4v) is 1.85. The molecule has 7 heteroatoms. The summed E-state index contributed by atoms with van der Waals surface area (Å²) < 4.78 is 39.0. The average molecular weight is 246 g/mol. The predicted octanol–water partition coefficient (Wildman–Crippen LogP) is 4.35. The van der Waals surface area contributed by atoms with Gasteiger partial charge in [-0.15, -0.1) is 0 Å². The molecule has 0 fully saturated rings. The van der Waals surface area contributed by atoms with Crippen LogP contribution in [0.15, 0.2) is 18.2 Å². The first kappa shape index (κ1) is 13.5. The highest BCUT2D eigenvalue weighted by Crippen LogP contribution is 2.29. The summed E-state index contributed by atoms with van der Waals surface area (Å²) in [6, 6.07) is 5.95. The Bertz CT molecular complexity index is 419. The van der Waals surface area contributed by atoms with Crippen molar-refractivity contribution in [2.45, 2.75) is 25.7 Å². The summed E-state index contributed by atoms with van der Waals surface area (Å²) in [6.45, 7) is 0. The molecule has 0 amide bonds. The lowest BCUT2D eigenvalue weighted by Gasteiger charge is -2.11. The summed E-state index contributed by atoms with van der Waals surface area (Å²) in [6.07, 6.45) is 4.69. The molecular weight excluding hydrogens is 235 g/mol. The van der Waals surface area contributed by atoms with Crippen LogP contribution in [0.3, 0.4) is 0 Å². The van der Waals surface area contributed by atoms with Crippen molar-refractivity contribution >= 4 is 12.9 Å². The molecule has 0 atom stereocenters. The van der Waals surface area contributed by atoms with Crippen molar-refractivity contribution in [2.75, 3.05) is 0 Å². The average Bonchev–Trinajstić information content (AvgIpc) is 2.26. The second-order valence-corrected chi connectivity index (χ2v) is 3.72. The van der Waals surface area contributed by atoms with E-state index >= 15 is 0 Å². The topological polar surface area (TPSA) is 28.1 Å². The van der Waals surface area contributed by atoms with Crippen molar-refractivity contribution in [1.82, 2.24) is 0 Å². The van der Waals surface area contributed by atoms with Crippen LogP contribution in [0.5, 0.6) is 0 Å². The molecule has 0 unspecified atom stereocenters. The van der Waals surface area contributed by atoms with Crippen LogP contribution >= 0.6 is 0 Å². The van der Waals surface area contributed by atoms with Gasteiger partial charge in [-0.1, -0.05) is 12.1 Å². The van der Waals surface area contributed by atoms with Gasteiger partial charge in [0.05, 0.1) is 5.56 Å². The van der Waals surface area contributed by atoms with E-state index in [0.29, 0.717) is 0 Å². The number of rotatable bonds is 0. The number of aryl methyl sites for hydroxylation is 1. The minimum Gasteiger partial charge on any atom is -0.418 e. The number of diazo groups is 1. The molecule has 0 saturated carbocycles. The van der Waals surface area contributed by atoms with E-state index in [1.807, 2.05) is 12.1 Å². The predicted molar refractivity (Wildman–Crippen MR) is 58.0 cm³/mol. The van der Waals surface area contributed by atoms with Crippen LogP contribution in [0.1, 0.15) is 24.0 Å². The Morgan fingerprint density at radius 2 is 1.65 bits per heavy atom. The van der Waals surface area contributed by atoms with Crippen LogP contribution in [-0.2, 0) is 12.8 Å². The highest BCUT2D eigenvalue weighted by molar-refractivity contribution is 6.50. The van der Waals surface area contributed by atoms with Crippen LogP contribution in [-0.4, -0.2) is 7.25 Å². The first-order valence-electron chi connectivity index (χ1n) is 5.25. The molecule has 0 aromatic heterocycles. The van der Waals surface area contributed by atoms with Crippen molar-refractivity contribution in [2.24, 2.45) is 0 Å². The molecule has 2 nitrogen and oxygen atoms in total. The maximum atomic E-state index is 9.75. The molecule has 2 rings (SSSR count). The van der Waals surface area contributed by atoms with Crippen molar-refractivity contribution in [3.63, 3.8) is 0 Å². The number of halogens is 4. The summed E-state index contributed by atoms with van der Waals surface area (Å²) in [4.78, 5) is 3.28. The third kappa shape index (κ3) is 4.85. The first-order valence-corrected chi connectivity index (χ1v) is 5.25. The van der Waals surface area contributed by atoms with Gasteiger partial charge in [-0.05, 0) is 31.2 Å². The lowest BCUT2D eigenvalue weighted by molar-refractivity contribution is 0.368. The zero-order valence-corrected chi connectivity index (χ0v) is 9.04. The monoisotopic (exact) mass is 246 g/mol. The van der Waals surface area contributed by atoms with Gasteiger partial charge in [0.1, 0.15) is 0 Å². The fourth-order valence-electron chi connectivity index (χ4n) is 1.85. The van der Waals surface area contributed by atoms with Crippen LogP contribution in [0, 0.1) is 5.39 Å². The summed E-state index contributed by atoms with van der Waals surface area (Å²) in [5, 5.41) is 8.72. The van der Waals surface area contributed by atoms with Crippen LogP contribution < -0.4 is 0 Å². The maximum absolute atomic E-state index is 9.75. The zero-order valence-electron chi connectivity index (χ0n) is 9.04. The van der Waals surface area contributed by atoms with Gasteiger partial charge in [-0.2, -0.15) is 0 Å². The van der Waals surface area contributed by atoms with E-state index in [2.05, 4.69) is 11.0 Å². The van der Waals surface area contributed by atoms with Crippen LogP contribution in [0.25, 0.3) is 4.98 Å². The van der Waals surface area contributed by atoms with E-state index in [1.165, 1.54) is 24.0 Å². The quantitative estimate of drug-likeness (QED) is 0.380. The maximum Gasteiger partial charge on any atom is 0.673 e. The van der Waals surface area contributed by atoms with E-state index in [0.717, 1.165) is 18.5 Å². The van der Waals surface area contributed by atoms with Crippen LogP contribution in [0.2, 0.25) is 0 Å². The summed E-state index contributed by atoms with van der Waals surface area (Å²) in [5.74, 6) is 0. The van der Waals surface area contributed by atoms with Gasteiger partial charge in [-0.3, -0.25) is 0 Å². The Kier molecular flexibility index (Phi) is 4.49. The molecule has 1 aromatic carbocycles. The number of fused-ring (bicyclic) bond motifs is 1. The Morgan fingerprint density at radius 1 is 1.06 bits per heavy atom. The highest BCUT2D eigenvalue weighted by Gasteiger charge is 2.20. The van der Waals surface area contributed by atoms with Crippen LogP contribution in [0.4, 0.5) is 23.0 Å². The lowest BCUT2D eigenvalue weighted by atomic mass is 9.91. The van der Waals surface area contributed by atoms with Crippen molar-refractivity contribution < 1.29 is 17.3 Å². The lowest BCUT2D eigenvalue weighted by Crippen LogP contribution is -2.02. The molecular formula is C10H11BF4N2. The second kappa shape index (κ2) is 5.66. The van der Waals surface area contributed by atoms with E-state index in [-0.39, 0.29) is 0 Å². The van der Waals surface area contributed by atoms with E-state index in [9.17, 15) is 17.3 Å². The first-order chi connectivity index (χ1) is 7.92. The van der Waals surface area contributed by atoms with Gasteiger partial charge < -0.3 is 17.3 Å². The minimum absolute atomic E-state index is 0.757. The molecule has 0 radical (unpaired) electrons. The van der Waals surface area contributed by atoms with E-state index < -0.39 is 7.25 Å². The molecule has 17 heavy (non-hydrogen) atoms. The van der Waals surface area contributed by atoms with Gasteiger partial charge in [-0.25, -0.2) is 0 Å². The largest absolute Gasteiger partial charge is 0.673 e. The molecule has 0 spiro atoms. The van der Waals surface area contributed by atoms with Gasteiger partial charge in [0.25, 0.3) is 0 Å². The van der Waals surface area contributed by atoms with Gasteiger partial charge in [0.2, 0.25) is 5.39 Å². The summed E-state index contributed by atoms with van der Waals surface area (Å²) in [5.41, 5.74) is 3.36. The van der Waals surface area contributed by atoms with E-state index in [4.69, 9.17) is 5.39 Å². The molecule has 0 saturated heterocycles. The van der Waals surface area contributed by atoms with Gasteiger partial charge >= 0.3 is 12.9 Å². The fraction of sp³-hybridized carbons (Fsp3) is 0.400. The normalized spacial score (nSPS) is 14.1. The minimum atomic E-state index is -6.00. The molecule has 0 bridgehead atoms. The Hall–Kier alpha value is -1.58. The molecule has 1 aromatic rings. The van der Waals surface area contributed by atoms with Crippen molar-refractivity contribution in [3.05, 3.63) is 34.3 Å². The molecule has 1 aliphatic rings. The highest BCUT2D eigenvalue weighted by atomic mass is 19.5. The molecule has 92 valence electrons. The smallest absolute Gasteiger partial charge is 0.418 e. The van der Waals surface area contributed by atoms with E-state index in [1.54, 1.807) is 0 Å². The molecule has 0 heterocycles. The van der Waals surface area contributed by atoms with Crippen molar-refractivity contribution in [1.29, 1.82) is 5.39 Å². The summed E-state index contributed by atoms with van der Waals surface area (Å²) >= 11 is 0. The number of nitrogens with zero attached hydrogens (tertiary/aromatic N) is 2. The van der Waals surface area contributed by atoms with Gasteiger partial charge in [0.15, 0.2) is 4.98 Å². The third-order valence-corrected chi connectivity index (χ3v) is 2.48. The standard InChI is InChI=1S/C10H11N2.BF4/c11-12-10-7-3-5-8-4-1-2-6-9(8)10;2-1(3,4)5/h3,5,7H,1-2,4,6H2;/q+1;-1. The number of hydrogen-bond donors (Lipinski definition) is 0. The Labute approximate surface area is 96.4 Å². The SMILES string of the molecule is F[B-](F)(F)F.N#[N+]c1cccc2c1CCCC2. The zero-order chi connectivity index (χ0) is 12.9. The Morgan fingerprint density at radius 3 is 2.24 bits per heavy atom. The van der Waals surface area contributed by atoms with Gasteiger partial charge in [0, 0.05) is 6.07 Å². The summed E-state index contributed by atoms with van der Waals surface area (Å²) in [7, 11) is -6.00. The number of hydrogen-bond acceptors (Lipinski definition) is 1. The van der Waals surface area contributed by atoms with Crippen molar-refractivity contribution in [3.8, 4) is 0 Å². The Balaban J connectivity index is 0.000000249.